The first-order valence-corrected chi connectivity index (χ1v) is 14.2. The van der Waals surface area contributed by atoms with Gasteiger partial charge in [-0.05, 0) is 41.6 Å². The zero-order valence-corrected chi connectivity index (χ0v) is 22.8. The van der Waals surface area contributed by atoms with Gasteiger partial charge >= 0.3 is 0 Å². The van der Waals surface area contributed by atoms with Crippen molar-refractivity contribution in [3.8, 4) is 0 Å². The summed E-state index contributed by atoms with van der Waals surface area (Å²) in [6, 6.07) is 0. The van der Waals surface area contributed by atoms with Gasteiger partial charge < -0.3 is 16.9 Å². The fourth-order valence-corrected chi connectivity index (χ4v) is 4.69. The summed E-state index contributed by atoms with van der Waals surface area (Å²) in [5.41, 5.74) is 1.13. The standard InChI is InChI=1S/C26H55BrN.ClH/c1-4-6-8-10-12-14-16-18-20-22-24-28(3,26-27)25-23-21-19-17-15-13-11-9-7-5-2;/h4-26H2,1-3H3;1H/q+1;/p-1. The molecule has 1 nitrogen and oxygen atoms in total. The molecule has 0 bridgehead atoms. The Bertz CT molecular complexity index is 274. The summed E-state index contributed by atoms with van der Waals surface area (Å²) in [6.07, 6.45) is 28.8. The van der Waals surface area contributed by atoms with Gasteiger partial charge in [0.1, 0.15) is 5.45 Å². The highest BCUT2D eigenvalue weighted by molar-refractivity contribution is 9.09. The molecule has 0 aromatic carbocycles. The second-order valence-electron chi connectivity index (χ2n) is 9.55. The largest absolute Gasteiger partial charge is 1.00 e. The maximum absolute atomic E-state index is 3.79. The van der Waals surface area contributed by atoms with Crippen LogP contribution in [0.1, 0.15) is 142 Å². The summed E-state index contributed by atoms with van der Waals surface area (Å²) in [6.45, 7) is 7.32. The van der Waals surface area contributed by atoms with Crippen molar-refractivity contribution in [2.24, 2.45) is 0 Å². The average Bonchev–Trinajstić information content (AvgIpc) is 2.71. The second-order valence-corrected chi connectivity index (χ2v) is 10.1. The molecule has 0 atom stereocenters. The minimum atomic E-state index is 0. The van der Waals surface area contributed by atoms with Crippen molar-refractivity contribution in [1.29, 1.82) is 0 Å². The summed E-state index contributed by atoms with van der Waals surface area (Å²) < 4.78 is 1.23. The number of nitrogens with zero attached hydrogens (tertiary/aromatic N) is 1. The second kappa shape index (κ2) is 25.0. The molecule has 0 rings (SSSR count). The van der Waals surface area contributed by atoms with Crippen LogP contribution in [0.4, 0.5) is 0 Å². The van der Waals surface area contributed by atoms with E-state index in [2.05, 4.69) is 36.8 Å². The van der Waals surface area contributed by atoms with E-state index < -0.39 is 0 Å². The predicted octanol–water partition coefficient (Wildman–Crippen LogP) is 6.63. The lowest BCUT2D eigenvalue weighted by Crippen LogP contribution is -3.00. The molecule has 0 aromatic rings. The van der Waals surface area contributed by atoms with E-state index in [9.17, 15) is 0 Å². The van der Waals surface area contributed by atoms with Gasteiger partial charge in [0, 0.05) is 0 Å². The highest BCUT2D eigenvalue weighted by Gasteiger charge is 2.18. The molecule has 0 aliphatic carbocycles. The van der Waals surface area contributed by atoms with E-state index in [0.717, 1.165) is 5.45 Å². The van der Waals surface area contributed by atoms with E-state index in [0.29, 0.717) is 0 Å². The monoisotopic (exact) mass is 495 g/mol. The van der Waals surface area contributed by atoms with E-state index in [1.54, 1.807) is 0 Å². The fourth-order valence-electron chi connectivity index (χ4n) is 4.19. The van der Waals surface area contributed by atoms with Crippen molar-refractivity contribution in [1.82, 2.24) is 0 Å². The van der Waals surface area contributed by atoms with E-state index in [4.69, 9.17) is 0 Å². The molecule has 0 saturated heterocycles. The Morgan fingerprint density at radius 1 is 0.448 bits per heavy atom. The number of unbranched alkanes of at least 4 members (excludes halogenated alkanes) is 18. The Morgan fingerprint density at radius 2 is 0.690 bits per heavy atom. The summed E-state index contributed by atoms with van der Waals surface area (Å²) >= 11 is 3.79. The Labute approximate surface area is 200 Å². The summed E-state index contributed by atoms with van der Waals surface area (Å²) in [5, 5.41) is 0. The lowest BCUT2D eigenvalue weighted by atomic mass is 10.1. The quantitative estimate of drug-likeness (QED) is 0.0644. The third-order valence-electron chi connectivity index (χ3n) is 6.39. The highest BCUT2D eigenvalue weighted by Crippen LogP contribution is 2.16. The summed E-state index contributed by atoms with van der Waals surface area (Å²) in [5.74, 6) is 0. The van der Waals surface area contributed by atoms with Crippen molar-refractivity contribution in [2.75, 3.05) is 25.6 Å². The van der Waals surface area contributed by atoms with Crippen molar-refractivity contribution in [2.45, 2.75) is 142 Å². The first kappa shape index (κ1) is 31.9. The number of halogens is 2. The van der Waals surface area contributed by atoms with Gasteiger partial charge in [0.05, 0.1) is 20.1 Å². The fraction of sp³-hybridized carbons (Fsp3) is 1.00. The normalized spacial score (nSPS) is 11.6. The van der Waals surface area contributed by atoms with Crippen molar-refractivity contribution in [3.63, 3.8) is 0 Å². The van der Waals surface area contributed by atoms with Gasteiger partial charge in [-0.15, -0.1) is 0 Å². The van der Waals surface area contributed by atoms with Crippen LogP contribution >= 0.6 is 15.9 Å². The Morgan fingerprint density at radius 3 is 0.931 bits per heavy atom. The zero-order chi connectivity index (χ0) is 20.8. The zero-order valence-electron chi connectivity index (χ0n) is 20.5. The molecule has 0 aliphatic heterocycles. The summed E-state index contributed by atoms with van der Waals surface area (Å²) in [7, 11) is 2.45. The van der Waals surface area contributed by atoms with Crippen LogP contribution < -0.4 is 12.4 Å². The van der Waals surface area contributed by atoms with Gasteiger partial charge in [0.15, 0.2) is 0 Å². The molecular formula is C26H55BrClN. The molecule has 0 N–H and O–H groups in total. The Balaban J connectivity index is 0. The Kier molecular flexibility index (Phi) is 27.5. The molecule has 178 valence electrons. The van der Waals surface area contributed by atoms with Crippen LogP contribution in [0.15, 0.2) is 0 Å². The van der Waals surface area contributed by atoms with Gasteiger partial charge in [0.2, 0.25) is 0 Å². The number of hydrogen-bond acceptors (Lipinski definition) is 0. The Hall–Kier alpha value is 0.730. The minimum Gasteiger partial charge on any atom is -1.00 e. The number of rotatable bonds is 23. The molecule has 0 aliphatic rings. The molecule has 0 radical (unpaired) electrons. The third-order valence-corrected chi connectivity index (χ3v) is 7.60. The number of hydrogen-bond donors (Lipinski definition) is 0. The van der Waals surface area contributed by atoms with Crippen LogP contribution in [0, 0.1) is 0 Å². The van der Waals surface area contributed by atoms with Crippen LogP contribution in [-0.4, -0.2) is 30.1 Å². The first-order chi connectivity index (χ1) is 13.7. The van der Waals surface area contributed by atoms with Gasteiger partial charge in [-0.25, -0.2) is 0 Å². The first-order valence-electron chi connectivity index (χ1n) is 13.1. The summed E-state index contributed by atoms with van der Waals surface area (Å²) in [4.78, 5) is 0. The van der Waals surface area contributed by atoms with Crippen LogP contribution in [0.3, 0.4) is 0 Å². The van der Waals surface area contributed by atoms with Crippen molar-refractivity contribution in [3.05, 3.63) is 0 Å². The molecule has 0 fully saturated rings. The van der Waals surface area contributed by atoms with Crippen LogP contribution in [0.2, 0.25) is 0 Å². The topological polar surface area (TPSA) is 0 Å². The van der Waals surface area contributed by atoms with Crippen LogP contribution in [-0.2, 0) is 0 Å². The lowest BCUT2D eigenvalue weighted by Gasteiger charge is -2.32. The van der Waals surface area contributed by atoms with E-state index in [1.807, 2.05) is 0 Å². The predicted molar refractivity (Wildman–Crippen MR) is 133 cm³/mol. The molecule has 0 amide bonds. The maximum atomic E-state index is 3.79. The molecule has 0 spiro atoms. The van der Waals surface area contributed by atoms with E-state index >= 15 is 0 Å². The molecule has 0 heterocycles. The SMILES string of the molecule is CCCCCCCCCCCC[N+](C)(CBr)CCCCCCCCCCCC.[Cl-]. The van der Waals surface area contributed by atoms with Gasteiger partial charge in [-0.2, -0.15) is 0 Å². The molecule has 0 unspecified atom stereocenters. The third kappa shape index (κ3) is 23.2. The lowest BCUT2D eigenvalue weighted by molar-refractivity contribution is -0.896. The van der Waals surface area contributed by atoms with Crippen LogP contribution in [0.25, 0.3) is 0 Å². The van der Waals surface area contributed by atoms with Gasteiger partial charge in [-0.3, -0.25) is 0 Å². The number of quaternary nitrogens is 1. The molecule has 29 heavy (non-hydrogen) atoms. The minimum absolute atomic E-state index is 0. The number of alkyl halides is 1. The highest BCUT2D eigenvalue weighted by atomic mass is 79.9. The smallest absolute Gasteiger partial charge is 0.134 e. The molecule has 0 saturated carbocycles. The van der Waals surface area contributed by atoms with Gasteiger partial charge in [0.25, 0.3) is 0 Å². The average molecular weight is 497 g/mol. The molecule has 0 aromatic heterocycles. The van der Waals surface area contributed by atoms with E-state index in [-0.39, 0.29) is 12.4 Å². The van der Waals surface area contributed by atoms with Crippen molar-refractivity contribution < 1.29 is 16.9 Å². The van der Waals surface area contributed by atoms with E-state index in [1.165, 1.54) is 146 Å². The molecular weight excluding hydrogens is 442 g/mol. The van der Waals surface area contributed by atoms with Crippen molar-refractivity contribution >= 4 is 15.9 Å². The van der Waals surface area contributed by atoms with Gasteiger partial charge in [-0.1, -0.05) is 117 Å². The van der Waals surface area contributed by atoms with Crippen LogP contribution in [0.5, 0.6) is 0 Å². The molecule has 3 heteroatoms. The maximum Gasteiger partial charge on any atom is 0.134 e.